The molecule has 0 aromatic carbocycles. The van der Waals surface area contributed by atoms with Crippen LogP contribution in [0.4, 0.5) is 0 Å². The van der Waals surface area contributed by atoms with Crippen molar-refractivity contribution in [3.63, 3.8) is 0 Å². The Labute approximate surface area is 146 Å². The molecule has 0 bridgehead atoms. The Kier molecular flexibility index (Phi) is 444. The van der Waals surface area contributed by atoms with Gasteiger partial charge in [0.1, 0.15) is 0 Å². The zero-order chi connectivity index (χ0) is 13.5. The van der Waals surface area contributed by atoms with Crippen LogP contribution in [0, 0.1) is 45.4 Å². The molecule has 0 aliphatic rings. The molecular weight excluding hydrogens is 370 g/mol. The summed E-state index contributed by atoms with van der Waals surface area (Å²) >= 11 is 0. The first kappa shape index (κ1) is 44.2. The number of rotatable bonds is 0. The van der Waals surface area contributed by atoms with Crippen molar-refractivity contribution >= 4 is 0 Å². The maximum Gasteiger partial charge on any atom is 3.00 e. The van der Waals surface area contributed by atoms with Crippen LogP contribution in [0.25, 0.3) is 0 Å². The van der Waals surface area contributed by atoms with E-state index in [1.165, 1.54) is 5.34 Å². The van der Waals surface area contributed by atoms with Gasteiger partial charge in [0.25, 0.3) is 0 Å². The monoisotopic (exact) mass is 372 g/mol. The molecule has 0 rings (SSSR count). The number of hydrogen-bond donors (Lipinski definition) is 1. The summed E-state index contributed by atoms with van der Waals surface area (Å²) in [5.41, 5.74) is 0. The van der Waals surface area contributed by atoms with Gasteiger partial charge in [-0.15, -0.1) is 26.3 Å². The number of hydrogen-bond acceptors (Lipinski definition) is 14. The molecule has 15 nitrogen and oxygen atoms in total. The van der Waals surface area contributed by atoms with Gasteiger partial charge < -0.3 is 45.7 Å². The van der Waals surface area contributed by atoms with Crippen molar-refractivity contribution in [2.24, 2.45) is 26.7 Å². The van der Waals surface area contributed by atoms with Crippen molar-refractivity contribution in [1.29, 1.82) is 0 Å². The Hall–Kier alpha value is -0.740. The van der Waals surface area contributed by atoms with Crippen LogP contribution in [0.15, 0.2) is 26.7 Å². The summed E-state index contributed by atoms with van der Waals surface area (Å²) in [5.74, 6) is 0. The first-order valence-electron chi connectivity index (χ1n) is 1.84. The SMILES string of the molecule is O=NO.O=N[O-].O=N[O-].O=N[O-].O=N[O-].[K+].[Ru+3]. The average Bonchev–Trinajstić information content (AvgIpc) is 2.09. The number of nitrogens with zero attached hydrogens (tertiary/aromatic N) is 5. The summed E-state index contributed by atoms with van der Waals surface area (Å²) < 4.78 is 0. The van der Waals surface area contributed by atoms with Gasteiger partial charge in [0.15, 0.2) is 5.34 Å². The van der Waals surface area contributed by atoms with E-state index < -0.39 is 0 Å². The molecule has 0 aliphatic carbocycles. The molecule has 17 heteroatoms. The topological polar surface area (TPSA) is 260 Å². The summed E-state index contributed by atoms with van der Waals surface area (Å²) in [4.78, 5) is 40.1. The van der Waals surface area contributed by atoms with Gasteiger partial charge in [0.05, 0.1) is 0 Å². The Bertz CT molecular complexity index is 97.0. The molecule has 0 unspecified atom stereocenters. The van der Waals surface area contributed by atoms with Crippen LogP contribution in [0.3, 0.4) is 0 Å². The third-order valence-electron chi connectivity index (χ3n) is 0. The minimum atomic E-state index is 0. The van der Waals surface area contributed by atoms with Gasteiger partial charge in [-0.25, -0.2) is 0 Å². The van der Waals surface area contributed by atoms with Gasteiger partial charge in [0.2, 0.25) is 0 Å². The first-order valence-corrected chi connectivity index (χ1v) is 1.84. The van der Waals surface area contributed by atoms with E-state index in [1.54, 1.807) is 0 Å². The molecule has 0 aliphatic heterocycles. The predicted octanol–water partition coefficient (Wildman–Crippen LogP) is -1.85. The van der Waals surface area contributed by atoms with Gasteiger partial charge in [-0.05, 0) is 0 Å². The Morgan fingerprint density at radius 2 is 0.647 bits per heavy atom. The molecule has 95 valence electrons. The van der Waals surface area contributed by atoms with Gasteiger partial charge in [-0.2, -0.15) is 0 Å². The molecule has 17 heavy (non-hydrogen) atoms. The second-order valence-electron chi connectivity index (χ2n) is 0.380. The van der Waals surface area contributed by atoms with Crippen LogP contribution < -0.4 is 51.4 Å². The molecular formula is HKN5O10Ru. The van der Waals surface area contributed by atoms with Crippen LogP contribution in [-0.2, 0) is 19.5 Å². The summed E-state index contributed by atoms with van der Waals surface area (Å²) in [7, 11) is 0. The van der Waals surface area contributed by atoms with E-state index >= 15 is 0 Å². The van der Waals surface area contributed by atoms with E-state index in [0.717, 1.165) is 21.4 Å². The third-order valence-corrected chi connectivity index (χ3v) is 0. The zero-order valence-electron chi connectivity index (χ0n) is 7.71. The normalized spacial score (nSPS) is 3.53. The van der Waals surface area contributed by atoms with Gasteiger partial charge in [-0.3, -0.25) is 0 Å². The first-order chi connectivity index (χ1) is 7.07. The van der Waals surface area contributed by atoms with Crippen molar-refractivity contribution in [1.82, 2.24) is 0 Å². The van der Waals surface area contributed by atoms with Crippen molar-refractivity contribution in [2.75, 3.05) is 0 Å². The van der Waals surface area contributed by atoms with Gasteiger partial charge in [-0.1, -0.05) is 0 Å². The van der Waals surface area contributed by atoms with Crippen LogP contribution in [0.1, 0.15) is 0 Å². The van der Waals surface area contributed by atoms with Crippen LogP contribution in [0.2, 0.25) is 0 Å². The van der Waals surface area contributed by atoms with Crippen molar-refractivity contribution in [3.05, 3.63) is 45.4 Å². The van der Waals surface area contributed by atoms with Gasteiger partial charge in [0, 0.05) is 0 Å². The van der Waals surface area contributed by atoms with E-state index in [9.17, 15) is 0 Å². The summed E-state index contributed by atoms with van der Waals surface area (Å²) in [5, 5.41) is 43.9. The molecule has 1 N–H and O–H groups in total. The van der Waals surface area contributed by atoms with Crippen LogP contribution in [0.5, 0.6) is 0 Å². The van der Waals surface area contributed by atoms with Crippen LogP contribution in [-0.4, -0.2) is 5.21 Å². The van der Waals surface area contributed by atoms with E-state index in [4.69, 9.17) is 50.6 Å². The van der Waals surface area contributed by atoms with Crippen LogP contribution >= 0.6 is 0 Å². The molecule has 0 spiro atoms. The molecule has 0 heterocycles. The largest absolute Gasteiger partial charge is 3.00 e. The van der Waals surface area contributed by atoms with E-state index in [0.29, 0.717) is 0 Å². The maximum absolute atomic E-state index is 8.11. The Morgan fingerprint density at radius 3 is 0.647 bits per heavy atom. The van der Waals surface area contributed by atoms with Crippen molar-refractivity contribution in [2.45, 2.75) is 0 Å². The zero-order valence-corrected chi connectivity index (χ0v) is 12.6. The molecule has 0 aromatic heterocycles. The average molecular weight is 371 g/mol. The summed E-state index contributed by atoms with van der Waals surface area (Å²) in [6.45, 7) is 0. The smallest absolute Gasteiger partial charge is 0.444 e. The summed E-state index contributed by atoms with van der Waals surface area (Å²) in [6, 6.07) is 0. The Morgan fingerprint density at radius 1 is 0.647 bits per heavy atom. The molecule has 0 atom stereocenters. The minimum Gasteiger partial charge on any atom is -0.444 e. The third kappa shape index (κ3) is 4900. The minimum absolute atomic E-state index is 0. The van der Waals surface area contributed by atoms with E-state index in [2.05, 4.69) is 0 Å². The maximum atomic E-state index is 8.11. The Balaban J connectivity index is -0.0000000143. The van der Waals surface area contributed by atoms with Gasteiger partial charge >= 0.3 is 70.9 Å². The quantitative estimate of drug-likeness (QED) is 0.282. The fourth-order valence-electron chi connectivity index (χ4n) is 0. The van der Waals surface area contributed by atoms with E-state index in [1.807, 2.05) is 0 Å². The summed E-state index contributed by atoms with van der Waals surface area (Å²) in [6.07, 6.45) is 0. The predicted molar refractivity (Wildman–Crippen MR) is 44.2 cm³/mol. The molecule has 0 amide bonds. The van der Waals surface area contributed by atoms with Crippen molar-refractivity contribution < 1.29 is 76.1 Å². The molecule has 0 saturated heterocycles. The second kappa shape index (κ2) is 171. The van der Waals surface area contributed by atoms with E-state index in [-0.39, 0.29) is 70.9 Å². The molecule has 0 aromatic rings. The molecule has 0 fully saturated rings. The van der Waals surface area contributed by atoms with Crippen molar-refractivity contribution in [3.8, 4) is 0 Å². The fraction of sp³-hybridized carbons (Fsp3) is 0. The molecule has 0 saturated carbocycles. The second-order valence-corrected chi connectivity index (χ2v) is 0.380. The fourth-order valence-corrected chi connectivity index (χ4v) is 0. The molecule has 1 radical (unpaired) electrons. The standard InChI is InChI=1S/K.5HNO2.Ru/c;5*2-1-3;/h;5*(H,2,3);/q+1;;;;;;+3/p-4.